The van der Waals surface area contributed by atoms with Gasteiger partial charge in [0.25, 0.3) is 5.56 Å². The van der Waals surface area contributed by atoms with E-state index in [9.17, 15) is 14.4 Å². The molecule has 3 aliphatic rings. The molecule has 1 aliphatic carbocycles. The first-order valence-electron chi connectivity index (χ1n) is 9.78. The number of aromatic amines is 1. The van der Waals surface area contributed by atoms with E-state index in [1.54, 1.807) is 4.90 Å². The third-order valence-electron chi connectivity index (χ3n) is 5.78. The number of aromatic nitrogens is 2. The van der Waals surface area contributed by atoms with Gasteiger partial charge in [-0.05, 0) is 38.5 Å². The minimum atomic E-state index is -0.146. The van der Waals surface area contributed by atoms with Crippen LogP contribution in [-0.2, 0) is 22.6 Å². The Morgan fingerprint density at radius 1 is 1.19 bits per heavy atom. The van der Waals surface area contributed by atoms with Gasteiger partial charge in [-0.2, -0.15) is 0 Å². The van der Waals surface area contributed by atoms with Crippen molar-refractivity contribution in [1.82, 2.24) is 19.8 Å². The van der Waals surface area contributed by atoms with E-state index in [-0.39, 0.29) is 29.3 Å². The van der Waals surface area contributed by atoms with E-state index in [4.69, 9.17) is 4.98 Å². The maximum atomic E-state index is 12.7. The number of hydrogen-bond acceptors (Lipinski definition) is 4. The fourth-order valence-electron chi connectivity index (χ4n) is 4.10. The maximum Gasteiger partial charge on any atom is 0.254 e. The number of H-pyrrole nitrogens is 1. The first kappa shape index (κ1) is 17.2. The Kier molecular flexibility index (Phi) is 4.54. The predicted molar refractivity (Wildman–Crippen MR) is 95.3 cm³/mol. The summed E-state index contributed by atoms with van der Waals surface area (Å²) in [6.45, 7) is 3.54. The van der Waals surface area contributed by atoms with Crippen LogP contribution in [0.15, 0.2) is 4.79 Å². The van der Waals surface area contributed by atoms with Crippen molar-refractivity contribution < 1.29 is 9.59 Å². The van der Waals surface area contributed by atoms with Gasteiger partial charge in [-0.3, -0.25) is 14.4 Å². The summed E-state index contributed by atoms with van der Waals surface area (Å²) in [5.74, 6) is 1.05. The van der Waals surface area contributed by atoms with Crippen molar-refractivity contribution in [3.05, 3.63) is 27.4 Å². The molecule has 2 amide bonds. The summed E-state index contributed by atoms with van der Waals surface area (Å²) < 4.78 is 0. The molecule has 1 atom stereocenters. The van der Waals surface area contributed by atoms with Crippen LogP contribution in [0.5, 0.6) is 0 Å². The van der Waals surface area contributed by atoms with Crippen LogP contribution in [0.2, 0.25) is 0 Å². The molecule has 7 nitrogen and oxygen atoms in total. The van der Waals surface area contributed by atoms with Crippen molar-refractivity contribution in [1.29, 1.82) is 0 Å². The Balaban J connectivity index is 1.64. The lowest BCUT2D eigenvalue weighted by molar-refractivity contribution is -0.136. The largest absolute Gasteiger partial charge is 0.336 e. The summed E-state index contributed by atoms with van der Waals surface area (Å²) in [6, 6.07) is -0.146. The Morgan fingerprint density at radius 3 is 2.73 bits per heavy atom. The number of rotatable bonds is 3. The first-order valence-corrected chi connectivity index (χ1v) is 9.78. The average molecular weight is 358 g/mol. The molecule has 7 heteroatoms. The second-order valence-electron chi connectivity index (χ2n) is 7.61. The van der Waals surface area contributed by atoms with Gasteiger partial charge in [0.05, 0.1) is 18.3 Å². The van der Waals surface area contributed by atoms with E-state index < -0.39 is 0 Å². The van der Waals surface area contributed by atoms with Gasteiger partial charge < -0.3 is 14.8 Å². The predicted octanol–water partition coefficient (Wildman–Crippen LogP) is 1.53. The molecule has 4 rings (SSSR count). The molecule has 0 aromatic carbocycles. The lowest BCUT2D eigenvalue weighted by atomic mass is 9.99. The molecule has 140 valence electrons. The topological polar surface area (TPSA) is 86.4 Å². The zero-order chi connectivity index (χ0) is 18.3. The summed E-state index contributed by atoms with van der Waals surface area (Å²) in [5.41, 5.74) is 1.27. The van der Waals surface area contributed by atoms with Crippen LogP contribution in [0.25, 0.3) is 0 Å². The molecule has 2 aliphatic heterocycles. The molecule has 1 saturated carbocycles. The second kappa shape index (κ2) is 6.85. The van der Waals surface area contributed by atoms with Crippen LogP contribution in [-0.4, -0.2) is 44.7 Å². The van der Waals surface area contributed by atoms with Crippen molar-refractivity contribution in [3.63, 3.8) is 0 Å². The van der Waals surface area contributed by atoms with Crippen LogP contribution >= 0.6 is 0 Å². The number of fused-ring (bicyclic) bond motifs is 1. The van der Waals surface area contributed by atoms with Gasteiger partial charge in [-0.15, -0.1) is 0 Å². The highest BCUT2D eigenvalue weighted by atomic mass is 16.2. The van der Waals surface area contributed by atoms with Crippen molar-refractivity contribution in [2.24, 2.45) is 5.92 Å². The Morgan fingerprint density at radius 2 is 2.00 bits per heavy atom. The Hall–Kier alpha value is -2.18. The van der Waals surface area contributed by atoms with Gasteiger partial charge in [0.2, 0.25) is 11.8 Å². The molecule has 0 radical (unpaired) electrons. The van der Waals surface area contributed by atoms with Crippen molar-refractivity contribution in [2.75, 3.05) is 13.1 Å². The molecule has 1 aromatic heterocycles. The van der Waals surface area contributed by atoms with Gasteiger partial charge in [-0.25, -0.2) is 4.98 Å². The molecular formula is C19H26N4O3. The minimum Gasteiger partial charge on any atom is -0.336 e. The van der Waals surface area contributed by atoms with Crippen LogP contribution < -0.4 is 5.56 Å². The quantitative estimate of drug-likeness (QED) is 0.888. The molecule has 3 heterocycles. The van der Waals surface area contributed by atoms with Gasteiger partial charge >= 0.3 is 0 Å². The number of carbonyl (C=O) groups excluding carboxylic acids is 2. The number of amides is 2. The number of likely N-dealkylation sites (tertiary alicyclic amines) is 1. The third-order valence-corrected chi connectivity index (χ3v) is 5.78. The number of carbonyl (C=O) groups is 2. The summed E-state index contributed by atoms with van der Waals surface area (Å²) >= 11 is 0. The lowest BCUT2D eigenvalue weighted by Crippen LogP contribution is -2.42. The van der Waals surface area contributed by atoms with Crippen LogP contribution in [0.3, 0.4) is 0 Å². The number of nitrogens with zero attached hydrogens (tertiary/aromatic N) is 3. The third kappa shape index (κ3) is 3.15. The molecule has 0 spiro atoms. The maximum absolute atomic E-state index is 12.7. The van der Waals surface area contributed by atoms with Crippen LogP contribution in [0.1, 0.15) is 68.6 Å². The normalized spacial score (nSPS) is 22.9. The molecule has 1 aromatic rings. The zero-order valence-electron chi connectivity index (χ0n) is 15.3. The van der Waals surface area contributed by atoms with E-state index in [1.165, 1.54) is 0 Å². The molecule has 1 saturated heterocycles. The van der Waals surface area contributed by atoms with Gasteiger partial charge in [0, 0.05) is 31.0 Å². The number of piperidine rings is 1. The monoisotopic (exact) mass is 358 g/mol. The van der Waals surface area contributed by atoms with Crippen molar-refractivity contribution >= 4 is 11.8 Å². The minimum absolute atomic E-state index is 0.0856. The van der Waals surface area contributed by atoms with E-state index in [0.717, 1.165) is 38.6 Å². The second-order valence-corrected chi connectivity index (χ2v) is 7.61. The highest BCUT2D eigenvalue weighted by molar-refractivity contribution is 5.81. The van der Waals surface area contributed by atoms with E-state index in [1.807, 2.05) is 11.8 Å². The van der Waals surface area contributed by atoms with E-state index in [0.29, 0.717) is 43.0 Å². The van der Waals surface area contributed by atoms with Crippen LogP contribution in [0, 0.1) is 5.92 Å². The summed E-state index contributed by atoms with van der Waals surface area (Å²) in [6.07, 6.45) is 5.81. The van der Waals surface area contributed by atoms with Gasteiger partial charge in [-0.1, -0.05) is 6.92 Å². The number of hydrogen-bond donors (Lipinski definition) is 1. The van der Waals surface area contributed by atoms with Crippen LogP contribution in [0.4, 0.5) is 0 Å². The molecular weight excluding hydrogens is 332 g/mol. The fraction of sp³-hybridized carbons (Fsp3) is 0.684. The summed E-state index contributed by atoms with van der Waals surface area (Å²) in [7, 11) is 0. The fourth-order valence-corrected chi connectivity index (χ4v) is 4.10. The number of nitrogens with one attached hydrogen (secondary N) is 1. The summed E-state index contributed by atoms with van der Waals surface area (Å²) in [5, 5.41) is 0. The lowest BCUT2D eigenvalue weighted by Gasteiger charge is -2.36. The highest BCUT2D eigenvalue weighted by Crippen LogP contribution is 2.37. The van der Waals surface area contributed by atoms with Crippen molar-refractivity contribution in [3.8, 4) is 0 Å². The average Bonchev–Trinajstić information content (AvgIpc) is 3.51. The van der Waals surface area contributed by atoms with Gasteiger partial charge in [0.15, 0.2) is 0 Å². The SMILES string of the molecule is CCC(=O)N1CCc2c(nc([C@@H]3CCCCN3C(=O)C3CC3)[nH]c2=O)C1. The molecule has 1 N–H and O–H groups in total. The van der Waals surface area contributed by atoms with Gasteiger partial charge in [0.1, 0.15) is 5.82 Å². The molecule has 0 unspecified atom stereocenters. The zero-order valence-corrected chi connectivity index (χ0v) is 15.3. The van der Waals surface area contributed by atoms with E-state index in [2.05, 4.69) is 4.98 Å². The standard InChI is InChI=1S/C19H26N4O3/c1-2-16(24)22-10-8-13-14(11-22)20-17(21-18(13)25)15-5-3-4-9-23(15)19(26)12-6-7-12/h12,15H,2-11H2,1H3,(H,20,21,25)/t15-/m0/s1. The first-order chi connectivity index (χ1) is 12.6. The molecule has 0 bridgehead atoms. The highest BCUT2D eigenvalue weighted by Gasteiger charge is 2.39. The van der Waals surface area contributed by atoms with Crippen molar-refractivity contribution in [2.45, 2.75) is 64.5 Å². The Labute approximate surface area is 152 Å². The van der Waals surface area contributed by atoms with E-state index >= 15 is 0 Å². The molecule has 26 heavy (non-hydrogen) atoms. The Bertz CT molecular complexity index is 783. The molecule has 2 fully saturated rings. The summed E-state index contributed by atoms with van der Waals surface area (Å²) in [4.78, 5) is 48.6. The smallest absolute Gasteiger partial charge is 0.254 e.